The molecule has 0 aliphatic carbocycles. The number of aromatic nitrogens is 2. The highest BCUT2D eigenvalue weighted by Gasteiger charge is 2.03. The highest BCUT2D eigenvalue weighted by Crippen LogP contribution is 2.26. The Labute approximate surface area is 102 Å². The van der Waals surface area contributed by atoms with Crippen LogP contribution in [0.2, 0.25) is 5.28 Å². The molecule has 1 heterocycles. The minimum Gasteiger partial charge on any atom is -0.225 e. The number of halogens is 2. The Bertz CT molecular complexity index is 296. The Morgan fingerprint density at radius 2 is 2.29 bits per heavy atom. The Balaban J connectivity index is 2.45. The van der Waals surface area contributed by atoms with Gasteiger partial charge in [-0.05, 0) is 39.7 Å². The fourth-order valence-corrected chi connectivity index (χ4v) is 2.55. The molecule has 5 heteroatoms. The molecule has 1 aromatic heterocycles. The van der Waals surface area contributed by atoms with Crippen molar-refractivity contribution in [1.82, 2.24) is 9.97 Å². The average molecular weight is 296 g/mol. The quantitative estimate of drug-likeness (QED) is 0.353. The molecular weight excluding hydrogens is 284 g/mol. The summed E-state index contributed by atoms with van der Waals surface area (Å²) >= 11 is 10.8. The molecule has 0 fully saturated rings. The van der Waals surface area contributed by atoms with Crippen LogP contribution in [0, 0.1) is 0 Å². The summed E-state index contributed by atoms with van der Waals surface area (Å²) in [7, 11) is 0. The number of rotatable bonds is 5. The first kappa shape index (κ1) is 12.3. The molecule has 1 aromatic rings. The van der Waals surface area contributed by atoms with Crippen LogP contribution in [0.25, 0.3) is 0 Å². The third-order valence-electron chi connectivity index (χ3n) is 1.67. The van der Waals surface area contributed by atoms with E-state index >= 15 is 0 Å². The first-order valence-electron chi connectivity index (χ1n) is 4.55. The Morgan fingerprint density at radius 1 is 1.50 bits per heavy atom. The number of nitrogens with zero attached hydrogens (tertiary/aromatic N) is 2. The number of hydrogen-bond acceptors (Lipinski definition) is 3. The van der Waals surface area contributed by atoms with E-state index in [2.05, 4.69) is 32.8 Å². The predicted molar refractivity (Wildman–Crippen MR) is 65.0 cm³/mol. The van der Waals surface area contributed by atoms with E-state index in [4.69, 9.17) is 11.6 Å². The molecule has 0 unspecified atom stereocenters. The molecule has 78 valence electrons. The lowest BCUT2D eigenvalue weighted by molar-refractivity contribution is 0.778. The summed E-state index contributed by atoms with van der Waals surface area (Å²) in [5.41, 5.74) is 0. The van der Waals surface area contributed by atoms with Gasteiger partial charge in [-0.2, -0.15) is 0 Å². The van der Waals surface area contributed by atoms with Gasteiger partial charge in [0.15, 0.2) is 0 Å². The molecule has 0 spiro atoms. The molecule has 2 nitrogen and oxygen atoms in total. The first-order chi connectivity index (χ1) is 6.74. The molecule has 1 rings (SSSR count). The van der Waals surface area contributed by atoms with Gasteiger partial charge in [0.2, 0.25) is 5.28 Å². The van der Waals surface area contributed by atoms with E-state index in [1.807, 2.05) is 0 Å². The summed E-state index contributed by atoms with van der Waals surface area (Å²) in [5.74, 6) is 1.08. The van der Waals surface area contributed by atoms with Crippen LogP contribution in [0.15, 0.2) is 15.7 Å². The molecule has 0 radical (unpaired) electrons. The van der Waals surface area contributed by atoms with Crippen molar-refractivity contribution in [1.29, 1.82) is 0 Å². The second-order valence-corrected chi connectivity index (χ2v) is 5.12. The van der Waals surface area contributed by atoms with Crippen LogP contribution in [-0.4, -0.2) is 15.7 Å². The summed E-state index contributed by atoms with van der Waals surface area (Å²) in [4.78, 5) is 8.02. The molecule has 0 N–H and O–H groups in total. The molecule has 0 saturated carbocycles. The lowest BCUT2D eigenvalue weighted by atomic mass is 10.3. The first-order valence-corrected chi connectivity index (χ1v) is 6.70. The van der Waals surface area contributed by atoms with Crippen molar-refractivity contribution in [3.8, 4) is 0 Å². The van der Waals surface area contributed by atoms with Crippen molar-refractivity contribution in [2.75, 3.05) is 5.75 Å². The molecule has 14 heavy (non-hydrogen) atoms. The van der Waals surface area contributed by atoms with Gasteiger partial charge in [0, 0.05) is 6.20 Å². The van der Waals surface area contributed by atoms with Gasteiger partial charge >= 0.3 is 0 Å². The molecule has 0 aliphatic heterocycles. The van der Waals surface area contributed by atoms with Crippen molar-refractivity contribution in [2.45, 2.75) is 31.2 Å². The van der Waals surface area contributed by atoms with Crippen LogP contribution >= 0.6 is 39.3 Å². The van der Waals surface area contributed by atoms with Gasteiger partial charge in [-0.15, -0.1) is 11.8 Å². The summed E-state index contributed by atoms with van der Waals surface area (Å²) in [6.07, 6.45) is 5.42. The fraction of sp³-hybridized carbons (Fsp3) is 0.556. The van der Waals surface area contributed by atoms with E-state index in [1.54, 1.807) is 18.0 Å². The Morgan fingerprint density at radius 3 is 3.00 bits per heavy atom. The molecule has 0 aliphatic rings. The monoisotopic (exact) mass is 294 g/mol. The standard InChI is InChI=1S/C9H12BrClN2S/c1-2-3-4-5-14-8-7(10)6-12-9(11)13-8/h6H,2-5H2,1H3. The van der Waals surface area contributed by atoms with Gasteiger partial charge in [-0.1, -0.05) is 19.8 Å². The third-order valence-corrected chi connectivity index (χ3v) is 3.77. The zero-order chi connectivity index (χ0) is 10.4. The van der Waals surface area contributed by atoms with E-state index in [-0.39, 0.29) is 0 Å². The van der Waals surface area contributed by atoms with Crippen LogP contribution < -0.4 is 0 Å². The summed E-state index contributed by atoms with van der Waals surface area (Å²) in [6, 6.07) is 0. The van der Waals surface area contributed by atoms with Crippen molar-refractivity contribution in [2.24, 2.45) is 0 Å². The Hall–Kier alpha value is 0.200. The zero-order valence-corrected chi connectivity index (χ0v) is 11.1. The van der Waals surface area contributed by atoms with E-state index in [0.29, 0.717) is 5.28 Å². The van der Waals surface area contributed by atoms with Crippen LogP contribution in [0.4, 0.5) is 0 Å². The molecule has 0 aromatic carbocycles. The SMILES string of the molecule is CCCCCSc1nc(Cl)ncc1Br. The van der Waals surface area contributed by atoms with Gasteiger partial charge < -0.3 is 0 Å². The highest BCUT2D eigenvalue weighted by atomic mass is 79.9. The van der Waals surface area contributed by atoms with Gasteiger partial charge in [-0.3, -0.25) is 0 Å². The van der Waals surface area contributed by atoms with Gasteiger partial charge in [0.1, 0.15) is 5.03 Å². The van der Waals surface area contributed by atoms with Crippen LogP contribution in [0.3, 0.4) is 0 Å². The number of unbranched alkanes of at least 4 members (excludes halogenated alkanes) is 2. The van der Waals surface area contributed by atoms with Crippen LogP contribution in [0.1, 0.15) is 26.2 Å². The van der Waals surface area contributed by atoms with Crippen LogP contribution in [-0.2, 0) is 0 Å². The van der Waals surface area contributed by atoms with E-state index in [0.717, 1.165) is 15.3 Å². The zero-order valence-electron chi connectivity index (χ0n) is 7.96. The number of hydrogen-bond donors (Lipinski definition) is 0. The normalized spacial score (nSPS) is 10.5. The molecule has 0 amide bonds. The maximum atomic E-state index is 5.70. The average Bonchev–Trinajstić information content (AvgIpc) is 2.18. The maximum Gasteiger partial charge on any atom is 0.223 e. The minimum atomic E-state index is 0.311. The predicted octanol–water partition coefficient (Wildman–Crippen LogP) is 4.17. The third kappa shape index (κ3) is 4.15. The topological polar surface area (TPSA) is 25.8 Å². The molecule has 0 atom stereocenters. The summed E-state index contributed by atoms with van der Waals surface area (Å²) in [6.45, 7) is 2.20. The van der Waals surface area contributed by atoms with Crippen molar-refractivity contribution in [3.05, 3.63) is 16.0 Å². The van der Waals surface area contributed by atoms with Crippen molar-refractivity contribution in [3.63, 3.8) is 0 Å². The fourth-order valence-electron chi connectivity index (χ4n) is 0.953. The van der Waals surface area contributed by atoms with Gasteiger partial charge in [0.25, 0.3) is 0 Å². The lowest BCUT2D eigenvalue weighted by Gasteiger charge is -2.02. The van der Waals surface area contributed by atoms with Gasteiger partial charge in [-0.25, -0.2) is 9.97 Å². The van der Waals surface area contributed by atoms with E-state index < -0.39 is 0 Å². The van der Waals surface area contributed by atoms with E-state index in [9.17, 15) is 0 Å². The second-order valence-electron chi connectivity index (χ2n) is 2.85. The maximum absolute atomic E-state index is 5.70. The van der Waals surface area contributed by atoms with Crippen LogP contribution in [0.5, 0.6) is 0 Å². The van der Waals surface area contributed by atoms with Crippen molar-refractivity contribution >= 4 is 39.3 Å². The summed E-state index contributed by atoms with van der Waals surface area (Å²) < 4.78 is 0.920. The Kier molecular flexibility index (Phi) is 5.82. The largest absolute Gasteiger partial charge is 0.225 e. The van der Waals surface area contributed by atoms with Gasteiger partial charge in [0.05, 0.1) is 4.47 Å². The summed E-state index contributed by atoms with van der Waals surface area (Å²) in [5, 5.41) is 1.24. The molecule has 0 bridgehead atoms. The smallest absolute Gasteiger partial charge is 0.223 e. The minimum absolute atomic E-state index is 0.311. The lowest BCUT2D eigenvalue weighted by Crippen LogP contribution is -1.88. The highest BCUT2D eigenvalue weighted by molar-refractivity contribution is 9.10. The molecule has 0 saturated heterocycles. The molecular formula is C9H12BrClN2S. The van der Waals surface area contributed by atoms with E-state index in [1.165, 1.54) is 19.3 Å². The number of thioether (sulfide) groups is 1. The second kappa shape index (κ2) is 6.64. The van der Waals surface area contributed by atoms with Crippen molar-refractivity contribution < 1.29 is 0 Å².